The molecule has 0 spiro atoms. The molecule has 1 atom stereocenters. The molecule has 1 aliphatic heterocycles. The predicted molar refractivity (Wildman–Crippen MR) is 110 cm³/mol. The highest BCUT2D eigenvalue weighted by Crippen LogP contribution is 2.35. The second-order valence-electron chi connectivity index (χ2n) is 8.17. The fourth-order valence-electron chi connectivity index (χ4n) is 4.49. The molecule has 0 radical (unpaired) electrons. The van der Waals surface area contributed by atoms with Gasteiger partial charge in [0.25, 0.3) is 0 Å². The number of pyridine rings is 1. The first-order chi connectivity index (χ1) is 15.8. The number of nitrogens with one attached hydrogen (secondary N) is 1. The number of carbonyl (C=O) groups excluding carboxylic acids is 1. The smallest absolute Gasteiger partial charge is 0.417 e. The zero-order valence-corrected chi connectivity index (χ0v) is 17.4. The third-order valence-electron chi connectivity index (χ3n) is 6.14. The van der Waals surface area contributed by atoms with E-state index in [1.165, 1.54) is 22.3 Å². The van der Waals surface area contributed by atoms with Gasteiger partial charge in [-0.1, -0.05) is 0 Å². The summed E-state index contributed by atoms with van der Waals surface area (Å²) in [6.45, 7) is -0.215. The number of alkyl halides is 3. The molecule has 3 aromatic heterocycles. The largest absolute Gasteiger partial charge is 0.474 e. The van der Waals surface area contributed by atoms with Crippen molar-refractivity contribution < 1.29 is 27.8 Å². The van der Waals surface area contributed by atoms with E-state index in [1.54, 1.807) is 6.20 Å². The van der Waals surface area contributed by atoms with Crippen molar-refractivity contribution in [1.29, 1.82) is 0 Å². The number of halogens is 3. The summed E-state index contributed by atoms with van der Waals surface area (Å²) in [6, 6.07) is 2.49. The molecular formula is C21H21F3N6O3. The lowest BCUT2D eigenvalue weighted by Gasteiger charge is -2.37. The summed E-state index contributed by atoms with van der Waals surface area (Å²) in [5.74, 6) is 0.152. The van der Waals surface area contributed by atoms with Crippen molar-refractivity contribution in [1.82, 2.24) is 24.8 Å². The Bertz CT molecular complexity index is 1160. The number of carbonyl (C=O) groups is 1. The van der Waals surface area contributed by atoms with Crippen molar-refractivity contribution in [3.8, 4) is 5.88 Å². The number of aromatic nitrogens is 4. The maximum absolute atomic E-state index is 13.0. The third-order valence-corrected chi connectivity index (χ3v) is 6.14. The van der Waals surface area contributed by atoms with Gasteiger partial charge in [-0.2, -0.15) is 13.2 Å². The number of rotatable bonds is 4. The lowest BCUT2D eigenvalue weighted by atomic mass is 9.92. The Hall–Kier alpha value is -3.41. The molecule has 3 aromatic rings. The number of H-pyrrole nitrogens is 1. The molecule has 2 aliphatic rings. The van der Waals surface area contributed by atoms with E-state index in [1.807, 2.05) is 6.07 Å². The minimum Gasteiger partial charge on any atom is -0.474 e. The number of fused-ring (bicyclic) bond motifs is 1. The molecule has 1 unspecified atom stereocenters. The average molecular weight is 462 g/mol. The Balaban J connectivity index is 1.25. The molecule has 2 fully saturated rings. The van der Waals surface area contributed by atoms with Crippen LogP contribution in [0.2, 0.25) is 0 Å². The van der Waals surface area contributed by atoms with Crippen molar-refractivity contribution in [2.75, 3.05) is 11.4 Å². The fourth-order valence-corrected chi connectivity index (χ4v) is 4.49. The summed E-state index contributed by atoms with van der Waals surface area (Å²) in [4.78, 5) is 30.2. The molecular weight excluding hydrogens is 441 g/mol. The van der Waals surface area contributed by atoms with Gasteiger partial charge < -0.3 is 19.7 Å². The highest BCUT2D eigenvalue weighted by Gasteiger charge is 2.43. The van der Waals surface area contributed by atoms with Crippen LogP contribution in [0, 0.1) is 0 Å². The number of aromatic amines is 1. The molecule has 4 heterocycles. The maximum Gasteiger partial charge on any atom is 0.417 e. The summed E-state index contributed by atoms with van der Waals surface area (Å²) in [7, 11) is 0. The summed E-state index contributed by atoms with van der Waals surface area (Å²) in [5, 5.41) is 11.6. The zero-order valence-electron chi connectivity index (χ0n) is 17.4. The first kappa shape index (κ1) is 21.4. The van der Waals surface area contributed by atoms with Gasteiger partial charge >= 0.3 is 6.18 Å². The summed E-state index contributed by atoms with van der Waals surface area (Å²) < 4.78 is 45.2. The van der Waals surface area contributed by atoms with Crippen molar-refractivity contribution >= 4 is 22.6 Å². The maximum atomic E-state index is 13.0. The monoisotopic (exact) mass is 462 g/mol. The van der Waals surface area contributed by atoms with Crippen LogP contribution in [0.4, 0.5) is 18.9 Å². The van der Waals surface area contributed by atoms with Gasteiger partial charge in [-0.3, -0.25) is 14.7 Å². The number of hydrogen-bond acceptors (Lipinski definition) is 7. The number of nitrogens with zero attached hydrogens (tertiary/aromatic N) is 5. The molecule has 1 saturated heterocycles. The highest BCUT2D eigenvalue weighted by molar-refractivity contribution is 5.85. The van der Waals surface area contributed by atoms with Crippen molar-refractivity contribution in [2.24, 2.45) is 0 Å². The SMILES string of the molecule is O=C1CN(c2cncc(C(F)(F)F)c2)C(O)N1[C@H]1CC[C@H](Oc2ncnc3[nH]ccc23)CC1. The topological polar surface area (TPSA) is 107 Å². The second-order valence-corrected chi connectivity index (χ2v) is 8.17. The van der Waals surface area contributed by atoms with Crippen LogP contribution >= 0.6 is 0 Å². The van der Waals surface area contributed by atoms with Crippen LogP contribution in [0.1, 0.15) is 31.2 Å². The standard InChI is InChI=1S/C21H21F3N6O3/c22-21(23,24)12-7-14(9-25-8-12)29-10-17(31)30(20(29)32)13-1-3-15(4-2-13)33-19-16-5-6-26-18(16)27-11-28-19/h5-9,11,13,15,20,32H,1-4,10H2,(H,26,27,28)/t13-,15-,20?. The van der Waals surface area contributed by atoms with Gasteiger partial charge in [0.15, 0.2) is 0 Å². The summed E-state index contributed by atoms with van der Waals surface area (Å²) >= 11 is 0. The molecule has 174 valence electrons. The van der Waals surface area contributed by atoms with Crippen LogP contribution in [0.15, 0.2) is 37.1 Å². The van der Waals surface area contributed by atoms with Gasteiger partial charge in [0.05, 0.1) is 22.8 Å². The van der Waals surface area contributed by atoms with E-state index in [0.29, 0.717) is 43.4 Å². The molecule has 1 amide bonds. The van der Waals surface area contributed by atoms with E-state index in [4.69, 9.17) is 4.74 Å². The first-order valence-corrected chi connectivity index (χ1v) is 10.5. The van der Waals surface area contributed by atoms with Gasteiger partial charge in [0.1, 0.15) is 24.6 Å². The highest BCUT2D eigenvalue weighted by atomic mass is 19.4. The third kappa shape index (κ3) is 4.06. The van der Waals surface area contributed by atoms with Crippen LogP contribution in [0.25, 0.3) is 11.0 Å². The second kappa shape index (κ2) is 8.18. The van der Waals surface area contributed by atoms with Crippen molar-refractivity contribution in [3.05, 3.63) is 42.6 Å². The van der Waals surface area contributed by atoms with E-state index in [0.717, 1.165) is 11.5 Å². The molecule has 1 saturated carbocycles. The lowest BCUT2D eigenvalue weighted by Crippen LogP contribution is -2.48. The quantitative estimate of drug-likeness (QED) is 0.614. The number of aliphatic hydroxyl groups excluding tert-OH is 1. The number of anilines is 1. The van der Waals surface area contributed by atoms with Crippen molar-refractivity contribution in [2.45, 2.75) is 50.4 Å². The minimum absolute atomic E-state index is 0.0458. The van der Waals surface area contributed by atoms with Crippen LogP contribution in [-0.4, -0.2) is 60.9 Å². The van der Waals surface area contributed by atoms with Crippen LogP contribution in [0.3, 0.4) is 0 Å². The van der Waals surface area contributed by atoms with Crippen LogP contribution in [-0.2, 0) is 11.0 Å². The summed E-state index contributed by atoms with van der Waals surface area (Å²) in [6.07, 6.45) is 1.54. The fraction of sp³-hybridized carbons (Fsp3) is 0.429. The molecule has 2 N–H and O–H groups in total. The molecule has 0 bridgehead atoms. The number of hydrogen-bond donors (Lipinski definition) is 2. The molecule has 9 nitrogen and oxygen atoms in total. The Morgan fingerprint density at radius 1 is 1.15 bits per heavy atom. The first-order valence-electron chi connectivity index (χ1n) is 10.5. The van der Waals surface area contributed by atoms with E-state index < -0.39 is 18.1 Å². The Labute approximate surface area is 186 Å². The Kier molecular flexibility index (Phi) is 5.31. The number of aliphatic hydroxyl groups is 1. The predicted octanol–water partition coefficient (Wildman–Crippen LogP) is 2.69. The molecule has 12 heteroatoms. The Morgan fingerprint density at radius 2 is 1.94 bits per heavy atom. The van der Waals surface area contributed by atoms with Gasteiger partial charge in [-0.15, -0.1) is 0 Å². The van der Waals surface area contributed by atoms with Gasteiger partial charge in [0.2, 0.25) is 18.1 Å². The van der Waals surface area contributed by atoms with E-state index in [-0.39, 0.29) is 30.3 Å². The zero-order chi connectivity index (χ0) is 23.2. The molecule has 0 aromatic carbocycles. The lowest BCUT2D eigenvalue weighted by molar-refractivity contribution is -0.138. The number of ether oxygens (including phenoxy) is 1. The van der Waals surface area contributed by atoms with Gasteiger partial charge in [0, 0.05) is 18.4 Å². The van der Waals surface area contributed by atoms with Crippen LogP contribution in [0.5, 0.6) is 5.88 Å². The molecule has 5 rings (SSSR count). The number of amides is 1. The van der Waals surface area contributed by atoms with Crippen molar-refractivity contribution in [3.63, 3.8) is 0 Å². The van der Waals surface area contributed by atoms with E-state index in [2.05, 4.69) is 19.9 Å². The van der Waals surface area contributed by atoms with E-state index in [9.17, 15) is 23.1 Å². The molecule has 1 aliphatic carbocycles. The van der Waals surface area contributed by atoms with Gasteiger partial charge in [-0.05, 0) is 37.8 Å². The van der Waals surface area contributed by atoms with E-state index >= 15 is 0 Å². The average Bonchev–Trinajstić information content (AvgIpc) is 3.39. The van der Waals surface area contributed by atoms with Gasteiger partial charge in [-0.25, -0.2) is 9.97 Å². The normalized spacial score (nSPS) is 24.0. The molecule has 33 heavy (non-hydrogen) atoms. The summed E-state index contributed by atoms with van der Waals surface area (Å²) in [5.41, 5.74) is -0.204. The minimum atomic E-state index is -4.56. The van der Waals surface area contributed by atoms with Crippen LogP contribution < -0.4 is 9.64 Å². The Morgan fingerprint density at radius 3 is 2.70 bits per heavy atom.